The van der Waals surface area contributed by atoms with Crippen molar-refractivity contribution in [3.05, 3.63) is 48.0 Å². The number of halogens is 1. The number of hydrogen-bond donors (Lipinski definition) is 2. The van der Waals surface area contributed by atoms with Crippen LogP contribution in [-0.2, 0) is 9.53 Å². The zero-order chi connectivity index (χ0) is 19.3. The molecule has 4 nitrogen and oxygen atoms in total. The fourth-order valence-corrected chi connectivity index (χ4v) is 2.94. The van der Waals surface area contributed by atoms with Crippen molar-refractivity contribution in [2.45, 2.75) is 50.8 Å². The number of aliphatic hydroxyl groups is 1. The molecule has 0 aliphatic heterocycles. The Morgan fingerprint density at radius 1 is 1.19 bits per heavy atom. The van der Waals surface area contributed by atoms with Crippen molar-refractivity contribution in [2.75, 3.05) is 6.61 Å². The fraction of sp³-hybridized carbons (Fsp3) is 0.476. The molecule has 26 heavy (non-hydrogen) atoms. The summed E-state index contributed by atoms with van der Waals surface area (Å²) < 4.78 is 5.82. The van der Waals surface area contributed by atoms with E-state index < -0.39 is 11.8 Å². The van der Waals surface area contributed by atoms with Crippen LogP contribution in [-0.4, -0.2) is 28.2 Å². The molecule has 0 saturated heterocycles. The Morgan fingerprint density at radius 2 is 1.85 bits per heavy atom. The van der Waals surface area contributed by atoms with Gasteiger partial charge in [-0.15, -0.1) is 0 Å². The predicted molar refractivity (Wildman–Crippen MR) is 109 cm³/mol. The third-order valence-corrected chi connectivity index (χ3v) is 5.77. The molecule has 0 aliphatic carbocycles. The molecule has 0 saturated carbocycles. The van der Waals surface area contributed by atoms with Crippen LogP contribution in [0.2, 0.25) is 0 Å². The Hall–Kier alpha value is -1.43. The number of alkyl halides is 1. The monoisotopic (exact) mass is 421 g/mol. The van der Waals surface area contributed by atoms with Gasteiger partial charge in [0.1, 0.15) is 5.72 Å². The largest absolute Gasteiger partial charge is 0.388 e. The van der Waals surface area contributed by atoms with Gasteiger partial charge in [-0.05, 0) is 36.1 Å². The highest BCUT2D eigenvalue weighted by Gasteiger charge is 2.26. The molecular weight excluding hydrogens is 394 g/mol. The molecule has 2 aromatic rings. The maximum atomic E-state index is 12.2. The summed E-state index contributed by atoms with van der Waals surface area (Å²) in [6.45, 7) is 7.93. The molecule has 5 heteroatoms. The first-order valence-corrected chi connectivity index (χ1v) is 9.88. The fourth-order valence-electron chi connectivity index (χ4n) is 2.83. The second-order valence-electron chi connectivity index (χ2n) is 7.37. The van der Waals surface area contributed by atoms with E-state index in [2.05, 4.69) is 21.2 Å². The molecule has 2 atom stereocenters. The number of amides is 1. The number of rotatable bonds is 8. The zero-order valence-corrected chi connectivity index (χ0v) is 17.4. The third kappa shape index (κ3) is 5.53. The molecule has 1 amide bonds. The van der Waals surface area contributed by atoms with Crippen LogP contribution in [0, 0.1) is 5.92 Å². The number of hydrogen-bond acceptors (Lipinski definition) is 3. The van der Waals surface area contributed by atoms with Crippen LogP contribution in [0.4, 0.5) is 0 Å². The van der Waals surface area contributed by atoms with Gasteiger partial charge in [0.15, 0.2) is 0 Å². The summed E-state index contributed by atoms with van der Waals surface area (Å²) in [6, 6.07) is 13.9. The summed E-state index contributed by atoms with van der Waals surface area (Å²) in [5.41, 5.74) is 0.102. The molecular formula is C21H28BrNO3. The lowest BCUT2D eigenvalue weighted by Crippen LogP contribution is -2.49. The summed E-state index contributed by atoms with van der Waals surface area (Å²) in [4.78, 5) is 11.9. The van der Waals surface area contributed by atoms with Gasteiger partial charge >= 0.3 is 0 Å². The van der Waals surface area contributed by atoms with E-state index in [1.165, 1.54) is 0 Å². The Balaban J connectivity index is 1.92. The first kappa shape index (κ1) is 20.9. The number of carbonyl (C=O) groups is 1. The van der Waals surface area contributed by atoms with E-state index in [0.29, 0.717) is 13.0 Å². The first-order valence-electron chi connectivity index (χ1n) is 8.97. The van der Waals surface area contributed by atoms with Crippen LogP contribution in [0.15, 0.2) is 42.5 Å². The lowest BCUT2D eigenvalue weighted by Gasteiger charge is -2.29. The molecule has 0 aliphatic rings. The van der Waals surface area contributed by atoms with Gasteiger partial charge in [-0.2, -0.15) is 0 Å². The van der Waals surface area contributed by atoms with Gasteiger partial charge in [-0.25, -0.2) is 0 Å². The maximum absolute atomic E-state index is 12.2. The van der Waals surface area contributed by atoms with Gasteiger partial charge in [0.2, 0.25) is 5.91 Å². The topological polar surface area (TPSA) is 58.6 Å². The quantitative estimate of drug-likeness (QED) is 0.485. The molecule has 0 spiro atoms. The van der Waals surface area contributed by atoms with Gasteiger partial charge in [-0.3, -0.25) is 4.79 Å². The molecule has 0 radical (unpaired) electrons. The number of aliphatic hydroxyl groups excluding tert-OH is 1. The summed E-state index contributed by atoms with van der Waals surface area (Å²) in [5.74, 6) is 0.0959. The number of carbonyl (C=O) groups excluding carboxylic acids is 1. The Morgan fingerprint density at radius 3 is 2.54 bits per heavy atom. The number of nitrogens with one attached hydrogen (secondary N) is 1. The van der Waals surface area contributed by atoms with Crippen molar-refractivity contribution in [1.29, 1.82) is 0 Å². The van der Waals surface area contributed by atoms with E-state index in [-0.39, 0.29) is 16.7 Å². The molecule has 0 heterocycles. The average molecular weight is 422 g/mol. The molecule has 2 aromatic carbocycles. The van der Waals surface area contributed by atoms with Crippen LogP contribution < -0.4 is 5.32 Å². The minimum Gasteiger partial charge on any atom is -0.388 e. The first-order chi connectivity index (χ1) is 12.2. The second kappa shape index (κ2) is 8.98. The van der Waals surface area contributed by atoms with E-state index >= 15 is 0 Å². The number of ether oxygens (including phenoxy) is 1. The van der Waals surface area contributed by atoms with E-state index in [9.17, 15) is 9.90 Å². The summed E-state index contributed by atoms with van der Waals surface area (Å²) in [7, 11) is 0. The molecule has 2 unspecified atom stereocenters. The van der Waals surface area contributed by atoms with Crippen LogP contribution in [0.3, 0.4) is 0 Å². The van der Waals surface area contributed by atoms with Crippen molar-refractivity contribution >= 4 is 32.6 Å². The Bertz CT molecular complexity index is 740. The van der Waals surface area contributed by atoms with E-state index in [0.717, 1.165) is 16.3 Å². The van der Waals surface area contributed by atoms with Gasteiger partial charge in [-0.1, -0.05) is 72.2 Å². The Labute approximate surface area is 164 Å². The molecule has 0 bridgehead atoms. The molecule has 142 valence electrons. The van der Waals surface area contributed by atoms with Crippen molar-refractivity contribution in [2.24, 2.45) is 5.92 Å². The molecule has 2 N–H and O–H groups in total. The van der Waals surface area contributed by atoms with Gasteiger partial charge in [0.05, 0.1) is 17.5 Å². The summed E-state index contributed by atoms with van der Waals surface area (Å²) in [5, 5.41) is 15.6. The zero-order valence-electron chi connectivity index (χ0n) is 15.8. The van der Waals surface area contributed by atoms with E-state index in [1.54, 1.807) is 0 Å². The lowest BCUT2D eigenvalue weighted by atomic mass is 9.99. The smallest absolute Gasteiger partial charge is 0.236 e. The highest BCUT2D eigenvalue weighted by atomic mass is 79.9. The van der Waals surface area contributed by atoms with Crippen molar-refractivity contribution in [1.82, 2.24) is 5.32 Å². The van der Waals surface area contributed by atoms with Crippen LogP contribution in [0.5, 0.6) is 0 Å². The summed E-state index contributed by atoms with van der Waals surface area (Å²) >= 11 is 3.40. The number of fused-ring (bicyclic) bond motifs is 1. The van der Waals surface area contributed by atoms with Crippen molar-refractivity contribution < 1.29 is 14.6 Å². The van der Waals surface area contributed by atoms with Gasteiger partial charge < -0.3 is 15.2 Å². The standard InChI is InChI=1S/C21H28BrNO3/c1-14(2)19(22)20(25)23-21(3,4)26-13-12-18(24)17-11-7-9-15-8-5-6-10-16(15)17/h5-11,14,18-19,24H,12-13H2,1-4H3,(H,23,25). The molecule has 2 rings (SSSR count). The highest BCUT2D eigenvalue weighted by Crippen LogP contribution is 2.26. The van der Waals surface area contributed by atoms with Crippen molar-refractivity contribution in [3.63, 3.8) is 0 Å². The molecule has 0 aromatic heterocycles. The minimum absolute atomic E-state index is 0.0976. The van der Waals surface area contributed by atoms with E-state index in [1.807, 2.05) is 70.2 Å². The predicted octanol–water partition coefficient (Wildman–Crippen LogP) is 4.55. The summed E-state index contributed by atoms with van der Waals surface area (Å²) in [6.07, 6.45) is -0.165. The van der Waals surface area contributed by atoms with Gasteiger partial charge in [0, 0.05) is 6.42 Å². The van der Waals surface area contributed by atoms with Crippen LogP contribution in [0.25, 0.3) is 10.8 Å². The normalized spacial score (nSPS) is 14.4. The minimum atomic E-state index is -0.795. The van der Waals surface area contributed by atoms with E-state index in [4.69, 9.17) is 4.74 Å². The third-order valence-electron chi connectivity index (χ3n) is 4.30. The van der Waals surface area contributed by atoms with Crippen LogP contribution in [0.1, 0.15) is 45.8 Å². The highest BCUT2D eigenvalue weighted by molar-refractivity contribution is 9.10. The van der Waals surface area contributed by atoms with Gasteiger partial charge in [0.25, 0.3) is 0 Å². The average Bonchev–Trinajstić information content (AvgIpc) is 2.59. The second-order valence-corrected chi connectivity index (χ2v) is 8.35. The number of benzene rings is 2. The lowest BCUT2D eigenvalue weighted by molar-refractivity contribution is -0.131. The van der Waals surface area contributed by atoms with Crippen LogP contribution >= 0.6 is 15.9 Å². The van der Waals surface area contributed by atoms with Crippen molar-refractivity contribution in [3.8, 4) is 0 Å². The SMILES string of the molecule is CC(C)C(Br)C(=O)NC(C)(C)OCCC(O)c1cccc2ccccc12. The maximum Gasteiger partial charge on any atom is 0.236 e. The molecule has 0 fully saturated rings. The Kier molecular flexibility index (Phi) is 7.21.